The molecule has 2 aromatic rings. The molecule has 0 fully saturated rings. The summed E-state index contributed by atoms with van der Waals surface area (Å²) < 4.78 is 57.1. The zero-order valence-electron chi connectivity index (χ0n) is 17.9. The molecule has 0 aliphatic rings. The minimum atomic E-state index is -4.70. The van der Waals surface area contributed by atoms with Crippen molar-refractivity contribution in [1.29, 1.82) is 0 Å². The van der Waals surface area contributed by atoms with Gasteiger partial charge in [0, 0.05) is 0 Å². The van der Waals surface area contributed by atoms with Crippen LogP contribution in [0.1, 0.15) is 43.6 Å². The predicted molar refractivity (Wildman–Crippen MR) is 117 cm³/mol. The Morgan fingerprint density at radius 1 is 1.06 bits per heavy atom. The number of benzene rings is 2. The average Bonchev–Trinajstić information content (AvgIpc) is 2.64. The van der Waals surface area contributed by atoms with Gasteiger partial charge >= 0.3 is 0 Å². The first kappa shape index (κ1) is 25.4. The third-order valence-electron chi connectivity index (χ3n) is 3.95. The molecule has 0 atom stereocenters. The number of sulfonamides is 1. The van der Waals surface area contributed by atoms with E-state index in [1.807, 2.05) is 0 Å². The Labute approximate surface area is 187 Å². The minimum Gasteiger partial charge on any atom is -0.488 e. The van der Waals surface area contributed by atoms with Crippen LogP contribution in [0.2, 0.25) is 0 Å². The number of carbonyl (C=O) groups is 1. The first-order chi connectivity index (χ1) is 14.6. The van der Waals surface area contributed by atoms with Crippen LogP contribution >= 0.6 is 0 Å². The van der Waals surface area contributed by atoms with Crippen LogP contribution in [0.25, 0.3) is 0 Å². The molecule has 172 valence electrons. The van der Waals surface area contributed by atoms with Crippen molar-refractivity contribution in [3.63, 3.8) is 0 Å². The second kappa shape index (κ2) is 8.91. The van der Waals surface area contributed by atoms with Crippen molar-refractivity contribution in [3.05, 3.63) is 47.5 Å². The molecule has 5 N–H and O–H groups in total. The Hall–Kier alpha value is -2.91. The van der Waals surface area contributed by atoms with E-state index in [9.17, 15) is 26.7 Å². The molecule has 9 nitrogen and oxygen atoms in total. The maximum atomic E-state index is 13.7. The van der Waals surface area contributed by atoms with Gasteiger partial charge in [-0.3, -0.25) is 4.79 Å². The first-order valence-electron chi connectivity index (χ1n) is 9.31. The predicted octanol–water partition coefficient (Wildman–Crippen LogP) is 1.18. The number of aliphatic hydroxyl groups is 1. The van der Waals surface area contributed by atoms with E-state index in [1.165, 1.54) is 32.0 Å². The Morgan fingerprint density at radius 2 is 1.62 bits per heavy atom. The minimum absolute atomic E-state index is 0.0532. The number of amides is 1. The summed E-state index contributed by atoms with van der Waals surface area (Å²) in [5.74, 6) is 3.83. The molecule has 0 radical (unpaired) electrons. The van der Waals surface area contributed by atoms with E-state index in [0.717, 1.165) is 18.2 Å². The van der Waals surface area contributed by atoms with Crippen LogP contribution < -0.4 is 15.6 Å². The van der Waals surface area contributed by atoms with Crippen LogP contribution in [-0.2, 0) is 19.9 Å². The maximum absolute atomic E-state index is 13.7. The summed E-state index contributed by atoms with van der Waals surface area (Å²) in [5.41, 5.74) is 3.66. The van der Waals surface area contributed by atoms with Gasteiger partial charge in [0.05, 0.1) is 22.1 Å². The summed E-state index contributed by atoms with van der Waals surface area (Å²) in [6.45, 7) is 6.11. The molecular formula is C21H24N2O7S2. The molecule has 0 aliphatic heterocycles. The largest absolute Gasteiger partial charge is 0.488 e. The number of primary amides is 1. The molecule has 1 amide bonds. The number of hydrogen-bond donors (Lipinski definition) is 3. The lowest BCUT2D eigenvalue weighted by molar-refractivity contribution is 0.0995. The smallest absolute Gasteiger partial charge is 0.250 e. The van der Waals surface area contributed by atoms with Crippen molar-refractivity contribution >= 4 is 25.8 Å². The number of hydrogen-bond acceptors (Lipinski definition) is 7. The zero-order valence-corrected chi connectivity index (χ0v) is 19.5. The lowest BCUT2D eigenvalue weighted by Gasteiger charge is -2.19. The molecule has 0 aliphatic carbocycles. The third-order valence-corrected chi connectivity index (χ3v) is 6.92. The Morgan fingerprint density at radius 3 is 2.09 bits per heavy atom. The van der Waals surface area contributed by atoms with Gasteiger partial charge in [0.15, 0.2) is 5.75 Å². The summed E-state index contributed by atoms with van der Waals surface area (Å²) in [7, 11) is -9.13. The first-order valence-corrected chi connectivity index (χ1v) is 12.3. The highest BCUT2D eigenvalue weighted by Crippen LogP contribution is 2.38. The second-order valence-electron chi connectivity index (χ2n) is 7.65. The fourth-order valence-corrected chi connectivity index (χ4v) is 5.68. The highest BCUT2D eigenvalue weighted by Gasteiger charge is 2.34. The van der Waals surface area contributed by atoms with Gasteiger partial charge in [-0.05, 0) is 52.0 Å². The van der Waals surface area contributed by atoms with Gasteiger partial charge in [-0.2, -0.15) is 0 Å². The summed E-state index contributed by atoms with van der Waals surface area (Å²) in [5, 5.41) is 15.1. The Kier molecular flexibility index (Phi) is 7.06. The van der Waals surface area contributed by atoms with Gasteiger partial charge in [-0.15, -0.1) is 0 Å². The van der Waals surface area contributed by atoms with E-state index in [0.29, 0.717) is 0 Å². The fraction of sp³-hybridized carbons (Fsp3) is 0.286. The van der Waals surface area contributed by atoms with Crippen molar-refractivity contribution in [2.45, 2.75) is 54.1 Å². The number of ether oxygens (including phenoxy) is 1. The Bertz CT molecular complexity index is 1330. The average molecular weight is 481 g/mol. The molecule has 0 unspecified atom stereocenters. The molecule has 0 heterocycles. The molecule has 2 aromatic carbocycles. The summed E-state index contributed by atoms with van der Waals surface area (Å²) in [6, 6.07) is 7.19. The lowest BCUT2D eigenvalue weighted by Crippen LogP contribution is -2.22. The third kappa shape index (κ3) is 5.66. The highest BCUT2D eigenvalue weighted by atomic mass is 32.2. The van der Waals surface area contributed by atoms with Gasteiger partial charge < -0.3 is 15.6 Å². The van der Waals surface area contributed by atoms with E-state index < -0.39 is 57.7 Å². The number of carbonyl (C=O) groups excluding carboxylic acids is 1. The van der Waals surface area contributed by atoms with Crippen molar-refractivity contribution < 1.29 is 31.5 Å². The van der Waals surface area contributed by atoms with Gasteiger partial charge in [0.1, 0.15) is 15.4 Å². The quantitative estimate of drug-likeness (QED) is 0.522. The SMILES string of the molecule is CC(C)Oc1c(C#CC(C)(C)O)ccc(C(N)=O)c1S(=O)(=O)c1ccccc1S(N)(=O)=O. The topological polar surface area (TPSA) is 167 Å². The molecule has 0 saturated carbocycles. The van der Waals surface area contributed by atoms with E-state index in [-0.39, 0.29) is 11.3 Å². The molecular weight excluding hydrogens is 456 g/mol. The monoisotopic (exact) mass is 480 g/mol. The van der Waals surface area contributed by atoms with E-state index in [2.05, 4.69) is 11.8 Å². The van der Waals surface area contributed by atoms with Crippen molar-refractivity contribution in [2.24, 2.45) is 10.9 Å². The van der Waals surface area contributed by atoms with E-state index in [4.69, 9.17) is 15.6 Å². The second-order valence-corrected chi connectivity index (χ2v) is 11.0. The molecule has 0 saturated heterocycles. The molecule has 0 bridgehead atoms. The summed E-state index contributed by atoms with van der Waals surface area (Å²) >= 11 is 0. The molecule has 0 aromatic heterocycles. The lowest BCUT2D eigenvalue weighted by atomic mass is 10.1. The van der Waals surface area contributed by atoms with Gasteiger partial charge in [-0.25, -0.2) is 22.0 Å². The molecule has 0 spiro atoms. The molecule has 11 heteroatoms. The summed E-state index contributed by atoms with van der Waals surface area (Å²) in [6.07, 6.45) is -0.553. The fourth-order valence-electron chi connectivity index (χ4n) is 2.71. The van der Waals surface area contributed by atoms with Crippen LogP contribution in [-0.4, -0.2) is 39.6 Å². The van der Waals surface area contributed by atoms with Crippen LogP contribution in [0.3, 0.4) is 0 Å². The molecule has 2 rings (SSSR count). The van der Waals surface area contributed by atoms with E-state index in [1.54, 1.807) is 13.8 Å². The highest BCUT2D eigenvalue weighted by molar-refractivity contribution is 7.93. The number of nitrogens with two attached hydrogens (primary N) is 2. The number of rotatable bonds is 6. The standard InChI is InChI=1S/C21H24N2O7S2/c1-13(2)30-18-14(11-12-21(3,4)25)9-10-15(20(22)24)19(18)31(26,27)16-7-5-6-8-17(16)32(23,28)29/h5-10,13,25H,1-4H3,(H2,22,24)(H2,23,28,29). The summed E-state index contributed by atoms with van der Waals surface area (Å²) in [4.78, 5) is 10.2. The number of sulfone groups is 1. The maximum Gasteiger partial charge on any atom is 0.250 e. The van der Waals surface area contributed by atoms with E-state index >= 15 is 0 Å². The van der Waals surface area contributed by atoms with Crippen molar-refractivity contribution in [2.75, 3.05) is 0 Å². The van der Waals surface area contributed by atoms with Gasteiger partial charge in [0.25, 0.3) is 0 Å². The van der Waals surface area contributed by atoms with Gasteiger partial charge in [-0.1, -0.05) is 24.0 Å². The van der Waals surface area contributed by atoms with Crippen LogP contribution in [0.5, 0.6) is 5.75 Å². The number of primary sulfonamides is 1. The molecule has 32 heavy (non-hydrogen) atoms. The normalized spacial score (nSPS) is 12.2. The Balaban J connectivity index is 3.04. The van der Waals surface area contributed by atoms with Crippen LogP contribution in [0.4, 0.5) is 0 Å². The van der Waals surface area contributed by atoms with Crippen LogP contribution in [0, 0.1) is 11.8 Å². The van der Waals surface area contributed by atoms with Gasteiger partial charge in [0.2, 0.25) is 25.8 Å². The zero-order chi connectivity index (χ0) is 24.5. The van der Waals surface area contributed by atoms with Crippen molar-refractivity contribution in [1.82, 2.24) is 0 Å². The van der Waals surface area contributed by atoms with Crippen molar-refractivity contribution in [3.8, 4) is 17.6 Å². The van der Waals surface area contributed by atoms with Crippen LogP contribution in [0.15, 0.2) is 51.1 Å².